The van der Waals surface area contributed by atoms with Crippen LogP contribution >= 0.6 is 0 Å². The molecule has 1 N–H and O–H groups in total. The first kappa shape index (κ1) is 10.1. The Morgan fingerprint density at radius 3 is 2.60 bits per heavy atom. The van der Waals surface area contributed by atoms with Gasteiger partial charge in [0.1, 0.15) is 5.82 Å². The molecule has 1 heterocycles. The van der Waals surface area contributed by atoms with E-state index in [1.54, 1.807) is 12.1 Å². The number of carbonyl (C=O) groups is 1. The van der Waals surface area contributed by atoms with E-state index in [0.29, 0.717) is 0 Å². The maximum atomic E-state index is 13.2. The van der Waals surface area contributed by atoms with Gasteiger partial charge in [-0.25, -0.2) is 9.40 Å². The van der Waals surface area contributed by atoms with Gasteiger partial charge < -0.3 is 0 Å². The molecule has 0 atom stereocenters. The molecule has 1 saturated heterocycles. The van der Waals surface area contributed by atoms with E-state index in [1.165, 1.54) is 12.1 Å². The van der Waals surface area contributed by atoms with Crippen LogP contribution in [0, 0.1) is 5.82 Å². The number of carbonyl (C=O) groups excluding carboxylic acids is 1. The van der Waals surface area contributed by atoms with Crippen molar-refractivity contribution in [1.29, 1.82) is 0 Å². The van der Waals surface area contributed by atoms with Crippen molar-refractivity contribution >= 4 is 5.91 Å². The van der Waals surface area contributed by atoms with Crippen LogP contribution in [0.3, 0.4) is 0 Å². The normalized spacial score (nSPS) is 16.6. The molecule has 1 aromatic rings. The maximum absolute atomic E-state index is 13.2. The average Bonchev–Trinajstić information content (AvgIpc) is 2.71. The fourth-order valence-electron chi connectivity index (χ4n) is 1.68. The summed E-state index contributed by atoms with van der Waals surface area (Å²) >= 11 is 0. The lowest BCUT2D eigenvalue weighted by molar-refractivity contribution is 0.0821. The third-order valence-corrected chi connectivity index (χ3v) is 2.48. The Kier molecular flexibility index (Phi) is 2.97. The number of hydrogen-bond donors (Lipinski definition) is 1. The minimum absolute atomic E-state index is 0.101. The Morgan fingerprint density at radius 1 is 1.27 bits per heavy atom. The van der Waals surface area contributed by atoms with Gasteiger partial charge in [-0.3, -0.25) is 10.2 Å². The second kappa shape index (κ2) is 4.40. The molecule has 0 saturated carbocycles. The molecule has 0 radical (unpaired) electrons. The number of amides is 1. The van der Waals surface area contributed by atoms with Crippen LogP contribution in [-0.4, -0.2) is 24.0 Å². The maximum Gasteiger partial charge on any atom is 0.268 e. The molecule has 1 fully saturated rings. The third kappa shape index (κ3) is 2.33. The number of hydrogen-bond acceptors (Lipinski definition) is 2. The quantitative estimate of drug-likeness (QED) is 0.800. The first-order valence-corrected chi connectivity index (χ1v) is 5.08. The summed E-state index contributed by atoms with van der Waals surface area (Å²) in [4.78, 5) is 11.6. The zero-order valence-electron chi connectivity index (χ0n) is 8.37. The van der Waals surface area contributed by atoms with Gasteiger partial charge >= 0.3 is 0 Å². The molecule has 1 aliphatic rings. The molecule has 15 heavy (non-hydrogen) atoms. The van der Waals surface area contributed by atoms with E-state index in [0.717, 1.165) is 25.9 Å². The number of hydrazine groups is 1. The lowest BCUT2D eigenvalue weighted by Gasteiger charge is -2.16. The average molecular weight is 208 g/mol. The van der Waals surface area contributed by atoms with Crippen molar-refractivity contribution < 1.29 is 9.18 Å². The molecule has 80 valence electrons. The fraction of sp³-hybridized carbons (Fsp3) is 0.364. The first-order valence-electron chi connectivity index (χ1n) is 5.08. The lowest BCUT2D eigenvalue weighted by atomic mass is 10.2. The molecule has 0 spiro atoms. The number of rotatable bonds is 2. The van der Waals surface area contributed by atoms with Crippen LogP contribution in [0.25, 0.3) is 0 Å². The highest BCUT2D eigenvalue weighted by molar-refractivity contribution is 5.94. The molecule has 1 aliphatic heterocycles. The van der Waals surface area contributed by atoms with Gasteiger partial charge in [0.05, 0.1) is 5.56 Å². The smallest absolute Gasteiger partial charge is 0.268 e. The molecule has 2 rings (SSSR count). The van der Waals surface area contributed by atoms with Crippen LogP contribution < -0.4 is 5.43 Å². The minimum atomic E-state index is -0.478. The standard InChI is InChI=1S/C11H13FN2O/c12-10-6-2-1-5-9(10)11(15)13-14-7-3-4-8-14/h1-2,5-6H,3-4,7-8H2,(H,13,15). The van der Waals surface area contributed by atoms with Crippen LogP contribution in [0.2, 0.25) is 0 Å². The summed E-state index contributed by atoms with van der Waals surface area (Å²) in [6.07, 6.45) is 2.16. The molecule has 0 bridgehead atoms. The Labute approximate surface area is 87.9 Å². The van der Waals surface area contributed by atoms with E-state index >= 15 is 0 Å². The Hall–Kier alpha value is -1.42. The van der Waals surface area contributed by atoms with Crippen LogP contribution in [-0.2, 0) is 0 Å². The van der Waals surface area contributed by atoms with Crippen LogP contribution in [0.15, 0.2) is 24.3 Å². The summed E-state index contributed by atoms with van der Waals surface area (Å²) < 4.78 is 13.2. The summed E-state index contributed by atoms with van der Waals surface area (Å²) in [5.74, 6) is -0.843. The highest BCUT2D eigenvalue weighted by Gasteiger charge is 2.16. The molecule has 4 heteroatoms. The summed E-state index contributed by atoms with van der Waals surface area (Å²) in [7, 11) is 0. The van der Waals surface area contributed by atoms with Crippen molar-refractivity contribution in [2.45, 2.75) is 12.8 Å². The van der Waals surface area contributed by atoms with Gasteiger partial charge in [-0.1, -0.05) is 12.1 Å². The Balaban J connectivity index is 2.04. The number of benzene rings is 1. The summed E-state index contributed by atoms with van der Waals surface area (Å²) in [5, 5.41) is 1.83. The van der Waals surface area contributed by atoms with E-state index in [1.807, 2.05) is 5.01 Å². The largest absolute Gasteiger partial charge is 0.285 e. The van der Waals surface area contributed by atoms with E-state index < -0.39 is 5.82 Å². The van der Waals surface area contributed by atoms with Crippen molar-refractivity contribution in [3.05, 3.63) is 35.6 Å². The zero-order valence-corrected chi connectivity index (χ0v) is 8.37. The van der Waals surface area contributed by atoms with Crippen LogP contribution in [0.5, 0.6) is 0 Å². The van der Waals surface area contributed by atoms with E-state index in [9.17, 15) is 9.18 Å². The van der Waals surface area contributed by atoms with Crippen molar-refractivity contribution in [2.24, 2.45) is 0 Å². The minimum Gasteiger partial charge on any atom is -0.285 e. The van der Waals surface area contributed by atoms with Gasteiger partial charge in [0, 0.05) is 13.1 Å². The predicted molar refractivity (Wildman–Crippen MR) is 54.7 cm³/mol. The van der Waals surface area contributed by atoms with E-state index in [4.69, 9.17) is 0 Å². The number of halogens is 1. The molecular weight excluding hydrogens is 195 g/mol. The first-order chi connectivity index (χ1) is 7.27. The molecule has 1 aromatic carbocycles. The van der Waals surface area contributed by atoms with Crippen molar-refractivity contribution in [1.82, 2.24) is 10.4 Å². The Bertz CT molecular complexity index is 361. The SMILES string of the molecule is O=C(NN1CCCC1)c1ccccc1F. The molecule has 0 unspecified atom stereocenters. The highest BCUT2D eigenvalue weighted by Crippen LogP contribution is 2.08. The van der Waals surface area contributed by atoms with Gasteiger partial charge in [-0.05, 0) is 25.0 Å². The monoisotopic (exact) mass is 208 g/mol. The predicted octanol–water partition coefficient (Wildman–Crippen LogP) is 1.57. The highest BCUT2D eigenvalue weighted by atomic mass is 19.1. The van der Waals surface area contributed by atoms with Crippen molar-refractivity contribution in [3.8, 4) is 0 Å². The second-order valence-electron chi connectivity index (χ2n) is 3.61. The third-order valence-electron chi connectivity index (χ3n) is 2.48. The van der Waals surface area contributed by atoms with Gasteiger partial charge in [0.2, 0.25) is 0 Å². The fourth-order valence-corrected chi connectivity index (χ4v) is 1.68. The number of nitrogens with zero attached hydrogens (tertiary/aromatic N) is 1. The molecule has 1 amide bonds. The van der Waals surface area contributed by atoms with Crippen LogP contribution in [0.1, 0.15) is 23.2 Å². The molecule has 0 aliphatic carbocycles. The second-order valence-corrected chi connectivity index (χ2v) is 3.61. The van der Waals surface area contributed by atoms with E-state index in [-0.39, 0.29) is 11.5 Å². The Morgan fingerprint density at radius 2 is 1.93 bits per heavy atom. The zero-order chi connectivity index (χ0) is 10.7. The summed E-state index contributed by atoms with van der Waals surface area (Å²) in [6, 6.07) is 6.00. The van der Waals surface area contributed by atoms with Gasteiger partial charge in [-0.2, -0.15) is 0 Å². The molecule has 3 nitrogen and oxygen atoms in total. The lowest BCUT2D eigenvalue weighted by Crippen LogP contribution is -2.40. The van der Waals surface area contributed by atoms with Gasteiger partial charge in [0.25, 0.3) is 5.91 Å². The summed E-state index contributed by atoms with van der Waals surface area (Å²) in [6.45, 7) is 1.69. The molecule has 0 aromatic heterocycles. The number of nitrogens with one attached hydrogen (secondary N) is 1. The van der Waals surface area contributed by atoms with E-state index in [2.05, 4.69) is 5.43 Å². The van der Waals surface area contributed by atoms with Crippen LogP contribution in [0.4, 0.5) is 4.39 Å². The topological polar surface area (TPSA) is 32.3 Å². The molecular formula is C11H13FN2O. The van der Waals surface area contributed by atoms with Gasteiger partial charge in [-0.15, -0.1) is 0 Å². The van der Waals surface area contributed by atoms with Crippen molar-refractivity contribution in [2.75, 3.05) is 13.1 Å². The van der Waals surface area contributed by atoms with Crippen molar-refractivity contribution in [3.63, 3.8) is 0 Å². The summed E-state index contributed by atoms with van der Waals surface area (Å²) in [5.41, 5.74) is 2.79. The van der Waals surface area contributed by atoms with Gasteiger partial charge in [0.15, 0.2) is 0 Å².